The summed E-state index contributed by atoms with van der Waals surface area (Å²) in [6, 6.07) is 0.340. The average Bonchev–Trinajstić information content (AvgIpc) is 3.17. The molecule has 2 saturated heterocycles. The van der Waals surface area contributed by atoms with E-state index in [1.807, 2.05) is 0 Å². The molecule has 168 valence electrons. The molecule has 8 nitrogen and oxygen atoms in total. The molecule has 2 aliphatic heterocycles. The molecule has 0 unspecified atom stereocenters. The second-order valence-corrected chi connectivity index (χ2v) is 9.23. The van der Waals surface area contributed by atoms with E-state index in [0.29, 0.717) is 12.0 Å². The van der Waals surface area contributed by atoms with Crippen molar-refractivity contribution in [3.63, 3.8) is 0 Å². The SMILES string of the molecule is CCNC(=NCC1CCN(Cc2csc(C)n2)CC1)NC1CCN(C(=O)OC)CC1. The number of nitrogens with zero attached hydrogens (tertiary/aromatic N) is 4. The van der Waals surface area contributed by atoms with E-state index in [2.05, 4.69) is 39.7 Å². The first kappa shape index (κ1) is 22.8. The molecule has 0 spiro atoms. The van der Waals surface area contributed by atoms with Crippen molar-refractivity contribution < 1.29 is 9.53 Å². The van der Waals surface area contributed by atoms with Gasteiger partial charge in [0, 0.05) is 44.1 Å². The van der Waals surface area contributed by atoms with Gasteiger partial charge in [-0.15, -0.1) is 11.3 Å². The van der Waals surface area contributed by atoms with Crippen LogP contribution in [0.25, 0.3) is 0 Å². The van der Waals surface area contributed by atoms with Gasteiger partial charge in [0.1, 0.15) is 0 Å². The van der Waals surface area contributed by atoms with E-state index in [-0.39, 0.29) is 6.09 Å². The van der Waals surface area contributed by atoms with E-state index in [9.17, 15) is 4.79 Å². The number of amides is 1. The van der Waals surface area contributed by atoms with Gasteiger partial charge in [0.2, 0.25) is 0 Å². The van der Waals surface area contributed by atoms with Gasteiger partial charge < -0.3 is 20.3 Å². The molecule has 3 heterocycles. The lowest BCUT2D eigenvalue weighted by Gasteiger charge is -2.32. The topological polar surface area (TPSA) is 82.1 Å². The molecule has 2 N–H and O–H groups in total. The molecule has 30 heavy (non-hydrogen) atoms. The molecule has 0 saturated carbocycles. The summed E-state index contributed by atoms with van der Waals surface area (Å²) in [7, 11) is 1.44. The highest BCUT2D eigenvalue weighted by Crippen LogP contribution is 2.20. The van der Waals surface area contributed by atoms with Gasteiger partial charge in [-0.2, -0.15) is 0 Å². The van der Waals surface area contributed by atoms with Gasteiger partial charge in [-0.25, -0.2) is 9.78 Å². The van der Waals surface area contributed by atoms with E-state index in [1.165, 1.54) is 25.6 Å². The fourth-order valence-corrected chi connectivity index (χ4v) is 4.71. The molecule has 0 aliphatic carbocycles. The Morgan fingerprint density at radius 1 is 1.27 bits per heavy atom. The van der Waals surface area contributed by atoms with Gasteiger partial charge >= 0.3 is 6.09 Å². The minimum absolute atomic E-state index is 0.231. The molecule has 0 bridgehead atoms. The van der Waals surface area contributed by atoms with Crippen LogP contribution in [0.3, 0.4) is 0 Å². The lowest BCUT2D eigenvalue weighted by Crippen LogP contribution is -2.50. The number of guanidine groups is 1. The molecule has 1 aromatic heterocycles. The van der Waals surface area contributed by atoms with Crippen molar-refractivity contribution in [2.75, 3.05) is 46.4 Å². The second kappa shape index (κ2) is 11.5. The molecule has 1 aromatic rings. The molecular formula is C21H36N6O2S. The van der Waals surface area contributed by atoms with Gasteiger partial charge in [-0.3, -0.25) is 9.89 Å². The number of ether oxygens (including phenoxy) is 1. The lowest BCUT2D eigenvalue weighted by molar-refractivity contribution is 0.111. The van der Waals surface area contributed by atoms with Crippen LogP contribution in [0.15, 0.2) is 10.4 Å². The molecule has 3 rings (SSSR count). The van der Waals surface area contributed by atoms with E-state index < -0.39 is 0 Å². The maximum Gasteiger partial charge on any atom is 0.409 e. The minimum atomic E-state index is -0.231. The van der Waals surface area contributed by atoms with Crippen molar-refractivity contribution in [3.8, 4) is 0 Å². The van der Waals surface area contributed by atoms with Crippen LogP contribution in [0.4, 0.5) is 4.79 Å². The van der Waals surface area contributed by atoms with Gasteiger partial charge in [0.25, 0.3) is 0 Å². The summed E-state index contributed by atoms with van der Waals surface area (Å²) in [6.45, 7) is 10.5. The number of piperidine rings is 2. The fourth-order valence-electron chi connectivity index (χ4n) is 4.11. The van der Waals surface area contributed by atoms with Crippen molar-refractivity contribution in [1.29, 1.82) is 0 Å². The number of aromatic nitrogens is 1. The van der Waals surface area contributed by atoms with Crippen LogP contribution in [-0.2, 0) is 11.3 Å². The predicted octanol–water partition coefficient (Wildman–Crippen LogP) is 2.45. The third-order valence-electron chi connectivity index (χ3n) is 5.88. The molecule has 2 aliphatic rings. The number of methoxy groups -OCH3 is 1. The van der Waals surface area contributed by atoms with Gasteiger partial charge in [-0.1, -0.05) is 0 Å². The Hall–Kier alpha value is -1.87. The first-order valence-electron chi connectivity index (χ1n) is 11.1. The van der Waals surface area contributed by atoms with Crippen LogP contribution < -0.4 is 10.6 Å². The quantitative estimate of drug-likeness (QED) is 0.527. The first-order chi connectivity index (χ1) is 14.6. The zero-order valence-electron chi connectivity index (χ0n) is 18.5. The highest BCUT2D eigenvalue weighted by Gasteiger charge is 2.24. The summed E-state index contributed by atoms with van der Waals surface area (Å²) in [5.74, 6) is 1.53. The summed E-state index contributed by atoms with van der Waals surface area (Å²) in [5, 5.41) is 10.3. The van der Waals surface area contributed by atoms with Gasteiger partial charge in [0.05, 0.1) is 17.8 Å². The summed E-state index contributed by atoms with van der Waals surface area (Å²) in [5.41, 5.74) is 1.20. The number of hydrogen-bond donors (Lipinski definition) is 2. The van der Waals surface area contributed by atoms with Gasteiger partial charge in [-0.05, 0) is 58.5 Å². The van der Waals surface area contributed by atoms with Crippen LogP contribution >= 0.6 is 11.3 Å². The van der Waals surface area contributed by atoms with Crippen molar-refractivity contribution in [3.05, 3.63) is 16.1 Å². The highest BCUT2D eigenvalue weighted by atomic mass is 32.1. The van der Waals surface area contributed by atoms with Crippen molar-refractivity contribution >= 4 is 23.4 Å². The standard InChI is InChI=1S/C21H36N6O2S/c1-4-22-20(25-18-7-11-27(12-8-18)21(28)29-3)23-13-17-5-9-26(10-6-17)14-19-15-30-16(2)24-19/h15,17-18H,4-14H2,1-3H3,(H2,22,23,25). The maximum atomic E-state index is 11.6. The summed E-state index contributed by atoms with van der Waals surface area (Å²) in [4.78, 5) is 25.4. The lowest BCUT2D eigenvalue weighted by atomic mass is 9.97. The Bertz CT molecular complexity index is 693. The highest BCUT2D eigenvalue weighted by molar-refractivity contribution is 7.09. The number of aliphatic imine (C=N–C) groups is 1. The Morgan fingerprint density at radius 2 is 2.00 bits per heavy atom. The minimum Gasteiger partial charge on any atom is -0.453 e. The van der Waals surface area contributed by atoms with Crippen molar-refractivity contribution in [1.82, 2.24) is 25.4 Å². The third-order valence-corrected chi connectivity index (χ3v) is 6.70. The number of nitrogens with one attached hydrogen (secondary N) is 2. The van der Waals surface area contributed by atoms with Crippen LogP contribution in [0.1, 0.15) is 43.3 Å². The number of carbonyl (C=O) groups excluding carboxylic acids is 1. The van der Waals surface area contributed by atoms with Crippen LogP contribution in [0.5, 0.6) is 0 Å². The van der Waals surface area contributed by atoms with Crippen LogP contribution in [0.2, 0.25) is 0 Å². The molecule has 9 heteroatoms. The van der Waals surface area contributed by atoms with E-state index in [1.54, 1.807) is 16.2 Å². The third kappa shape index (κ3) is 6.84. The van der Waals surface area contributed by atoms with Crippen molar-refractivity contribution in [2.24, 2.45) is 10.9 Å². The summed E-state index contributed by atoms with van der Waals surface area (Å²) in [6.07, 6.45) is 3.96. The van der Waals surface area contributed by atoms with Gasteiger partial charge in [0.15, 0.2) is 5.96 Å². The van der Waals surface area contributed by atoms with Crippen LogP contribution in [-0.4, -0.2) is 79.3 Å². The summed E-state index contributed by atoms with van der Waals surface area (Å²) < 4.78 is 4.82. The Balaban J connectivity index is 1.41. The zero-order valence-corrected chi connectivity index (χ0v) is 19.3. The number of likely N-dealkylation sites (tertiary alicyclic amines) is 2. The molecule has 0 radical (unpaired) electrons. The first-order valence-corrected chi connectivity index (χ1v) is 12.0. The molecule has 2 fully saturated rings. The Kier molecular flexibility index (Phi) is 8.74. The van der Waals surface area contributed by atoms with E-state index in [0.717, 1.165) is 69.6 Å². The number of thiazole rings is 1. The number of rotatable bonds is 6. The normalized spacial score (nSPS) is 19.7. The number of hydrogen-bond acceptors (Lipinski definition) is 6. The predicted molar refractivity (Wildman–Crippen MR) is 121 cm³/mol. The van der Waals surface area contributed by atoms with Crippen LogP contribution in [0, 0.1) is 12.8 Å². The molecule has 1 amide bonds. The number of aryl methyl sites for hydroxylation is 1. The monoisotopic (exact) mass is 436 g/mol. The van der Waals surface area contributed by atoms with E-state index in [4.69, 9.17) is 9.73 Å². The Morgan fingerprint density at radius 3 is 2.60 bits per heavy atom. The largest absolute Gasteiger partial charge is 0.453 e. The fraction of sp³-hybridized carbons (Fsp3) is 0.762. The Labute approximate surface area is 184 Å². The van der Waals surface area contributed by atoms with E-state index >= 15 is 0 Å². The average molecular weight is 437 g/mol. The molecule has 0 atom stereocenters. The summed E-state index contributed by atoms with van der Waals surface area (Å²) >= 11 is 1.73. The zero-order chi connectivity index (χ0) is 21.3. The van der Waals surface area contributed by atoms with Crippen molar-refractivity contribution in [2.45, 2.75) is 52.1 Å². The molecular weight excluding hydrogens is 400 g/mol. The second-order valence-electron chi connectivity index (χ2n) is 8.17. The smallest absolute Gasteiger partial charge is 0.409 e. The maximum absolute atomic E-state index is 11.6. The number of carbonyl (C=O) groups is 1. The molecule has 0 aromatic carbocycles.